The molecule has 0 radical (unpaired) electrons. The first-order valence-corrected chi connectivity index (χ1v) is 5.44. The van der Waals surface area contributed by atoms with Gasteiger partial charge in [0, 0.05) is 18.7 Å². The van der Waals surface area contributed by atoms with Gasteiger partial charge in [-0.1, -0.05) is 0 Å². The first-order valence-electron chi connectivity index (χ1n) is 5.44. The molecule has 7 nitrogen and oxygen atoms in total. The summed E-state index contributed by atoms with van der Waals surface area (Å²) in [5.41, 5.74) is 5.88. The molecule has 0 saturated heterocycles. The van der Waals surface area contributed by atoms with Gasteiger partial charge in [0.25, 0.3) is 11.6 Å². The van der Waals surface area contributed by atoms with E-state index in [4.69, 9.17) is 5.73 Å². The van der Waals surface area contributed by atoms with E-state index in [9.17, 15) is 14.9 Å². The number of amides is 1. The molecule has 0 aliphatic heterocycles. The van der Waals surface area contributed by atoms with E-state index in [1.54, 1.807) is 0 Å². The molecule has 1 heterocycles. The Morgan fingerprint density at radius 3 is 2.83 bits per heavy atom. The number of carbonyl (C=O) groups is 1. The number of H-pyrrole nitrogens is 1. The molecule has 1 atom stereocenters. The Kier molecular flexibility index (Phi) is 4.69. The van der Waals surface area contributed by atoms with Crippen molar-refractivity contribution in [3.05, 3.63) is 28.1 Å². The maximum absolute atomic E-state index is 11.6. The monoisotopic (exact) mass is 274 g/mol. The summed E-state index contributed by atoms with van der Waals surface area (Å²) in [6.45, 7) is 0.399. The number of hydrogen-bond acceptors (Lipinski definition) is 4. The number of hydrogen-bond donors (Lipinski definition) is 3. The van der Waals surface area contributed by atoms with E-state index in [1.165, 1.54) is 12.3 Å². The molecule has 1 aliphatic rings. The van der Waals surface area contributed by atoms with Gasteiger partial charge in [-0.15, -0.1) is 12.4 Å². The largest absolute Gasteiger partial charge is 0.351 e. The third kappa shape index (κ3) is 3.44. The van der Waals surface area contributed by atoms with Gasteiger partial charge in [0.05, 0.1) is 11.1 Å². The lowest BCUT2D eigenvalue weighted by Crippen LogP contribution is -2.38. The topological polar surface area (TPSA) is 114 Å². The van der Waals surface area contributed by atoms with Crippen molar-refractivity contribution in [2.45, 2.75) is 18.9 Å². The van der Waals surface area contributed by atoms with Crippen molar-refractivity contribution in [1.82, 2.24) is 10.3 Å². The zero-order chi connectivity index (χ0) is 12.4. The van der Waals surface area contributed by atoms with Crippen molar-refractivity contribution in [2.75, 3.05) is 6.54 Å². The molecule has 8 heteroatoms. The van der Waals surface area contributed by atoms with Gasteiger partial charge in [-0.25, -0.2) is 0 Å². The van der Waals surface area contributed by atoms with E-state index in [0.717, 1.165) is 12.8 Å². The summed E-state index contributed by atoms with van der Waals surface area (Å²) in [6.07, 6.45) is 3.42. The van der Waals surface area contributed by atoms with Gasteiger partial charge in [-0.3, -0.25) is 14.9 Å². The van der Waals surface area contributed by atoms with Crippen molar-refractivity contribution in [1.29, 1.82) is 0 Å². The minimum Gasteiger partial charge on any atom is -0.351 e. The molecule has 18 heavy (non-hydrogen) atoms. The Labute approximate surface area is 110 Å². The number of carbonyl (C=O) groups excluding carboxylic acids is 1. The number of halogens is 1. The van der Waals surface area contributed by atoms with Gasteiger partial charge in [0.15, 0.2) is 0 Å². The third-order valence-corrected chi connectivity index (χ3v) is 2.85. The van der Waals surface area contributed by atoms with E-state index in [1.807, 2.05) is 0 Å². The Bertz CT molecular complexity index is 444. The quantitative estimate of drug-likeness (QED) is 0.544. The predicted molar refractivity (Wildman–Crippen MR) is 67.7 cm³/mol. The van der Waals surface area contributed by atoms with Gasteiger partial charge in [-0.05, 0) is 18.8 Å². The minimum atomic E-state index is -0.552. The van der Waals surface area contributed by atoms with E-state index < -0.39 is 4.92 Å². The highest BCUT2D eigenvalue weighted by molar-refractivity contribution is 5.93. The van der Waals surface area contributed by atoms with Crippen LogP contribution < -0.4 is 11.1 Å². The van der Waals surface area contributed by atoms with Crippen LogP contribution in [0.1, 0.15) is 23.3 Å². The first-order chi connectivity index (χ1) is 8.08. The van der Waals surface area contributed by atoms with Crippen LogP contribution in [0.3, 0.4) is 0 Å². The maximum atomic E-state index is 11.6. The van der Waals surface area contributed by atoms with Crippen LogP contribution in [0.25, 0.3) is 0 Å². The Hall–Kier alpha value is -1.60. The number of nitrogens with two attached hydrogens (primary N) is 1. The molecule has 100 valence electrons. The second-order valence-corrected chi connectivity index (χ2v) is 4.24. The minimum absolute atomic E-state index is 0. The first kappa shape index (κ1) is 14.5. The lowest BCUT2D eigenvalue weighted by Gasteiger charge is -2.10. The molecule has 1 aliphatic carbocycles. The van der Waals surface area contributed by atoms with E-state index in [-0.39, 0.29) is 35.7 Å². The number of aromatic nitrogens is 1. The highest BCUT2D eigenvalue weighted by atomic mass is 35.5. The lowest BCUT2D eigenvalue weighted by molar-refractivity contribution is -0.384. The summed E-state index contributed by atoms with van der Waals surface area (Å²) in [7, 11) is 0. The molecule has 0 bridgehead atoms. The highest BCUT2D eigenvalue weighted by Crippen LogP contribution is 2.31. The molecule has 0 aromatic carbocycles. The van der Waals surface area contributed by atoms with Crippen LogP contribution in [0.15, 0.2) is 12.3 Å². The highest BCUT2D eigenvalue weighted by Gasteiger charge is 2.28. The van der Waals surface area contributed by atoms with E-state index >= 15 is 0 Å². The van der Waals surface area contributed by atoms with Crippen LogP contribution in [0, 0.1) is 16.0 Å². The van der Waals surface area contributed by atoms with E-state index in [2.05, 4.69) is 10.3 Å². The van der Waals surface area contributed by atoms with Crippen molar-refractivity contribution in [2.24, 2.45) is 11.7 Å². The summed E-state index contributed by atoms with van der Waals surface area (Å²) in [5.74, 6) is 0.141. The summed E-state index contributed by atoms with van der Waals surface area (Å²) < 4.78 is 0. The van der Waals surface area contributed by atoms with E-state index in [0.29, 0.717) is 12.5 Å². The summed E-state index contributed by atoms with van der Waals surface area (Å²) in [5, 5.41) is 13.1. The zero-order valence-electron chi connectivity index (χ0n) is 9.59. The second kappa shape index (κ2) is 5.83. The standard InChI is InChI=1S/C10H14N4O3.ClH/c11-8(6-1-2-6)5-13-10(15)9-3-7(4-12-9)14(16)17;/h3-4,6,8,12H,1-2,5,11H2,(H,13,15);1H. The number of rotatable bonds is 5. The van der Waals surface area contributed by atoms with Crippen molar-refractivity contribution >= 4 is 24.0 Å². The molecule has 1 aromatic rings. The predicted octanol–water partition coefficient (Wildman–Crippen LogP) is 0.812. The Balaban J connectivity index is 0.00000162. The molecule has 2 rings (SSSR count). The third-order valence-electron chi connectivity index (χ3n) is 2.85. The number of nitro groups is 1. The fraction of sp³-hybridized carbons (Fsp3) is 0.500. The molecule has 4 N–H and O–H groups in total. The fourth-order valence-corrected chi connectivity index (χ4v) is 1.62. The molecular weight excluding hydrogens is 260 g/mol. The summed E-state index contributed by atoms with van der Waals surface area (Å²) in [6, 6.07) is 1.18. The number of aromatic amines is 1. The van der Waals surface area contributed by atoms with Crippen molar-refractivity contribution in [3.8, 4) is 0 Å². The zero-order valence-corrected chi connectivity index (χ0v) is 10.4. The molecular formula is C10H15ClN4O3. The van der Waals surface area contributed by atoms with Gasteiger partial charge in [0.1, 0.15) is 5.69 Å². The number of nitrogens with one attached hydrogen (secondary N) is 2. The molecule has 0 spiro atoms. The molecule has 1 unspecified atom stereocenters. The average molecular weight is 275 g/mol. The van der Waals surface area contributed by atoms with Gasteiger partial charge in [-0.2, -0.15) is 0 Å². The van der Waals surface area contributed by atoms with Gasteiger partial charge in [0.2, 0.25) is 0 Å². The van der Waals surface area contributed by atoms with Crippen molar-refractivity contribution < 1.29 is 9.72 Å². The van der Waals surface area contributed by atoms with Crippen LogP contribution in [-0.2, 0) is 0 Å². The smallest absolute Gasteiger partial charge is 0.287 e. The molecule has 1 fully saturated rings. The lowest BCUT2D eigenvalue weighted by atomic mass is 10.2. The van der Waals surface area contributed by atoms with Crippen LogP contribution in [0.5, 0.6) is 0 Å². The van der Waals surface area contributed by atoms with Crippen LogP contribution >= 0.6 is 12.4 Å². The number of nitrogens with zero attached hydrogens (tertiary/aromatic N) is 1. The Morgan fingerprint density at radius 2 is 2.33 bits per heavy atom. The summed E-state index contributed by atoms with van der Waals surface area (Å²) in [4.78, 5) is 24.1. The molecule has 1 aromatic heterocycles. The maximum Gasteiger partial charge on any atom is 0.287 e. The summed E-state index contributed by atoms with van der Waals surface area (Å²) >= 11 is 0. The molecule has 1 amide bonds. The molecule has 1 saturated carbocycles. The normalized spacial score (nSPS) is 15.6. The van der Waals surface area contributed by atoms with Gasteiger partial charge < -0.3 is 16.0 Å². The van der Waals surface area contributed by atoms with Crippen LogP contribution in [0.2, 0.25) is 0 Å². The van der Waals surface area contributed by atoms with Crippen molar-refractivity contribution in [3.63, 3.8) is 0 Å². The van der Waals surface area contributed by atoms with Gasteiger partial charge >= 0.3 is 0 Å². The van der Waals surface area contributed by atoms with Crippen LogP contribution in [-0.4, -0.2) is 28.4 Å². The second-order valence-electron chi connectivity index (χ2n) is 4.24. The fourth-order valence-electron chi connectivity index (χ4n) is 1.62. The average Bonchev–Trinajstić information content (AvgIpc) is 3.02. The van der Waals surface area contributed by atoms with Crippen LogP contribution in [0.4, 0.5) is 5.69 Å². The SMILES string of the molecule is Cl.NC(CNC(=O)c1cc([N+](=O)[O-])c[nH]1)C1CC1. The Morgan fingerprint density at radius 1 is 1.67 bits per heavy atom.